The summed E-state index contributed by atoms with van der Waals surface area (Å²) in [5.41, 5.74) is 2.85. The first-order valence-corrected chi connectivity index (χ1v) is 11.8. The maximum absolute atomic E-state index is 10.4. The van der Waals surface area contributed by atoms with E-state index in [0.717, 1.165) is 11.1 Å². The average molecular weight is 515 g/mol. The maximum atomic E-state index is 10.4. The second-order valence-electron chi connectivity index (χ2n) is 7.42. The highest BCUT2D eigenvalue weighted by atomic mass is 16.5. The Morgan fingerprint density at radius 3 is 1.18 bits per heavy atom. The molecule has 2 heterocycles. The molecule has 38 heavy (non-hydrogen) atoms. The van der Waals surface area contributed by atoms with Crippen molar-refractivity contribution in [3.8, 4) is 11.5 Å². The van der Waals surface area contributed by atoms with Crippen LogP contribution in [0.2, 0.25) is 0 Å². The van der Waals surface area contributed by atoms with Gasteiger partial charge in [0.15, 0.2) is 0 Å². The van der Waals surface area contributed by atoms with E-state index in [9.17, 15) is 9.59 Å². The van der Waals surface area contributed by atoms with Crippen molar-refractivity contribution in [1.82, 2.24) is 9.97 Å². The lowest BCUT2D eigenvalue weighted by Gasteiger charge is -2.01. The van der Waals surface area contributed by atoms with Gasteiger partial charge in [-0.1, -0.05) is 12.2 Å². The summed E-state index contributed by atoms with van der Waals surface area (Å²) in [6, 6.07) is 20.5. The van der Waals surface area contributed by atoms with Crippen molar-refractivity contribution in [1.29, 1.82) is 0 Å². The number of benzene rings is 2. The number of carboxylic acids is 2. The Bertz CT molecular complexity index is 1160. The lowest BCUT2D eigenvalue weighted by atomic mass is 10.2. The largest absolute Gasteiger partial charge is 0.494 e. The SMILES string of the molecule is C(=C\c1ccncc1)/c1ccncc1.CCOc1ccc(C(=O)O)cc1.CCOc1ccc(C(=O)O)cc1. The predicted octanol–water partition coefficient (Wildman–Crippen LogP) is 6.21. The summed E-state index contributed by atoms with van der Waals surface area (Å²) in [6.07, 6.45) is 11.2. The van der Waals surface area contributed by atoms with Crippen LogP contribution < -0.4 is 9.47 Å². The lowest BCUT2D eigenvalue weighted by molar-refractivity contribution is 0.0686. The molecule has 0 saturated carbocycles. The Balaban J connectivity index is 0.000000201. The molecule has 0 saturated heterocycles. The van der Waals surface area contributed by atoms with Crippen LogP contribution in [0.15, 0.2) is 97.6 Å². The van der Waals surface area contributed by atoms with Gasteiger partial charge in [-0.3, -0.25) is 9.97 Å². The van der Waals surface area contributed by atoms with E-state index in [1.807, 2.05) is 38.1 Å². The fourth-order valence-electron chi connectivity index (χ4n) is 2.86. The third-order valence-corrected chi connectivity index (χ3v) is 4.70. The fourth-order valence-corrected chi connectivity index (χ4v) is 2.86. The van der Waals surface area contributed by atoms with Crippen LogP contribution in [0.3, 0.4) is 0 Å². The Morgan fingerprint density at radius 1 is 0.605 bits per heavy atom. The molecule has 0 spiro atoms. The molecule has 0 fully saturated rings. The molecule has 0 aliphatic carbocycles. The van der Waals surface area contributed by atoms with Gasteiger partial charge < -0.3 is 19.7 Å². The van der Waals surface area contributed by atoms with Crippen LogP contribution >= 0.6 is 0 Å². The molecule has 4 rings (SSSR count). The monoisotopic (exact) mass is 514 g/mol. The molecule has 0 aliphatic heterocycles. The number of carboxylic acid groups (broad SMARTS) is 2. The molecule has 0 bridgehead atoms. The number of pyridine rings is 2. The third kappa shape index (κ3) is 11.2. The first kappa shape index (κ1) is 29.3. The lowest BCUT2D eigenvalue weighted by Crippen LogP contribution is -1.96. The molecule has 196 valence electrons. The third-order valence-electron chi connectivity index (χ3n) is 4.70. The van der Waals surface area contributed by atoms with Crippen LogP contribution in [0.1, 0.15) is 45.7 Å². The number of nitrogens with zero attached hydrogens (tertiary/aromatic N) is 2. The molecule has 2 aromatic heterocycles. The quantitative estimate of drug-likeness (QED) is 0.285. The van der Waals surface area contributed by atoms with E-state index in [-0.39, 0.29) is 11.1 Å². The number of aromatic nitrogens is 2. The van der Waals surface area contributed by atoms with E-state index in [1.54, 1.807) is 49.1 Å². The summed E-state index contributed by atoms with van der Waals surface area (Å²) >= 11 is 0. The van der Waals surface area contributed by atoms with E-state index in [4.69, 9.17) is 19.7 Å². The normalized spacial score (nSPS) is 9.84. The smallest absolute Gasteiger partial charge is 0.335 e. The second-order valence-corrected chi connectivity index (χ2v) is 7.42. The van der Waals surface area contributed by atoms with Crippen molar-refractivity contribution in [2.45, 2.75) is 13.8 Å². The van der Waals surface area contributed by atoms with Gasteiger partial charge in [-0.15, -0.1) is 0 Å². The number of carbonyl (C=O) groups is 2. The van der Waals surface area contributed by atoms with Gasteiger partial charge in [0.05, 0.1) is 24.3 Å². The van der Waals surface area contributed by atoms with E-state index in [1.165, 1.54) is 24.3 Å². The zero-order valence-electron chi connectivity index (χ0n) is 21.2. The molecule has 8 nitrogen and oxygen atoms in total. The molecule has 0 amide bonds. The minimum absolute atomic E-state index is 0.276. The Labute approximate surface area is 221 Å². The highest BCUT2D eigenvalue weighted by Crippen LogP contribution is 2.12. The number of ether oxygens (including phenoxy) is 2. The molecule has 2 aromatic carbocycles. The van der Waals surface area contributed by atoms with Crippen molar-refractivity contribution in [3.05, 3.63) is 120 Å². The first-order chi connectivity index (χ1) is 18.4. The molecule has 0 atom stereocenters. The molecular weight excluding hydrogens is 484 g/mol. The second kappa shape index (κ2) is 16.6. The minimum Gasteiger partial charge on any atom is -0.494 e. The molecule has 2 N–H and O–H groups in total. The van der Waals surface area contributed by atoms with Gasteiger partial charge in [0.1, 0.15) is 11.5 Å². The van der Waals surface area contributed by atoms with Gasteiger partial charge in [-0.2, -0.15) is 0 Å². The fraction of sp³-hybridized carbons (Fsp3) is 0.133. The summed E-state index contributed by atoms with van der Waals surface area (Å²) < 4.78 is 10.3. The minimum atomic E-state index is -0.918. The predicted molar refractivity (Wildman–Crippen MR) is 147 cm³/mol. The topological polar surface area (TPSA) is 119 Å². The number of rotatable bonds is 8. The van der Waals surface area contributed by atoms with Gasteiger partial charge >= 0.3 is 11.9 Å². The number of hydrogen-bond donors (Lipinski definition) is 2. The Hall–Kier alpha value is -4.98. The summed E-state index contributed by atoms with van der Waals surface area (Å²) in [4.78, 5) is 28.8. The highest BCUT2D eigenvalue weighted by molar-refractivity contribution is 5.88. The number of hydrogen-bond acceptors (Lipinski definition) is 6. The van der Waals surface area contributed by atoms with Crippen molar-refractivity contribution in [3.63, 3.8) is 0 Å². The molecule has 0 aliphatic rings. The molecule has 0 radical (unpaired) electrons. The molecule has 8 heteroatoms. The number of aromatic carboxylic acids is 2. The van der Waals surface area contributed by atoms with Gasteiger partial charge in [0.2, 0.25) is 0 Å². The summed E-state index contributed by atoms with van der Waals surface area (Å²) in [6.45, 7) is 4.94. The van der Waals surface area contributed by atoms with Crippen LogP contribution in [0.5, 0.6) is 11.5 Å². The van der Waals surface area contributed by atoms with Crippen LogP contribution in [0.4, 0.5) is 0 Å². The highest BCUT2D eigenvalue weighted by Gasteiger charge is 2.01. The van der Waals surface area contributed by atoms with E-state index in [2.05, 4.69) is 22.1 Å². The summed E-state index contributed by atoms with van der Waals surface area (Å²) in [5.74, 6) is -0.443. The van der Waals surface area contributed by atoms with Crippen LogP contribution in [0.25, 0.3) is 12.2 Å². The van der Waals surface area contributed by atoms with E-state index < -0.39 is 11.9 Å². The van der Waals surface area contributed by atoms with Crippen LogP contribution in [-0.2, 0) is 0 Å². The maximum Gasteiger partial charge on any atom is 0.335 e. The zero-order valence-corrected chi connectivity index (χ0v) is 21.2. The van der Waals surface area contributed by atoms with Gasteiger partial charge in [-0.05, 0) is 97.8 Å². The Morgan fingerprint density at radius 2 is 0.921 bits per heavy atom. The van der Waals surface area contributed by atoms with Crippen molar-refractivity contribution >= 4 is 24.1 Å². The van der Waals surface area contributed by atoms with Crippen molar-refractivity contribution in [2.75, 3.05) is 13.2 Å². The standard InChI is InChI=1S/C12H10N2.2C9H10O3/c1(11-3-7-13-8-4-11)2-12-5-9-14-10-6-12;2*1-2-12-8-5-3-7(4-6-8)9(10)11/h1-10H;2*3-6H,2H2,1H3,(H,10,11)/b2-1+;;. The molecular formula is C30H30N2O6. The molecule has 0 unspecified atom stereocenters. The van der Waals surface area contributed by atoms with Gasteiger partial charge in [0.25, 0.3) is 0 Å². The Kier molecular flexibility index (Phi) is 12.8. The van der Waals surface area contributed by atoms with Crippen molar-refractivity contribution < 1.29 is 29.3 Å². The van der Waals surface area contributed by atoms with Crippen LogP contribution in [-0.4, -0.2) is 45.3 Å². The van der Waals surface area contributed by atoms with E-state index >= 15 is 0 Å². The van der Waals surface area contributed by atoms with Crippen LogP contribution in [0, 0.1) is 0 Å². The first-order valence-electron chi connectivity index (χ1n) is 11.8. The van der Waals surface area contributed by atoms with Crippen molar-refractivity contribution in [2.24, 2.45) is 0 Å². The molecule has 4 aromatic rings. The van der Waals surface area contributed by atoms with Gasteiger partial charge in [-0.25, -0.2) is 9.59 Å². The zero-order chi connectivity index (χ0) is 27.6. The summed E-state index contributed by atoms with van der Waals surface area (Å²) in [5, 5.41) is 17.1. The van der Waals surface area contributed by atoms with Gasteiger partial charge in [0, 0.05) is 24.8 Å². The van der Waals surface area contributed by atoms with E-state index in [0.29, 0.717) is 24.7 Å². The average Bonchev–Trinajstić information content (AvgIpc) is 2.95. The summed E-state index contributed by atoms with van der Waals surface area (Å²) in [7, 11) is 0.